The Kier molecular flexibility index (Phi) is 5.64. The minimum absolute atomic E-state index is 0.0484. The molecule has 0 spiro atoms. The Balaban J connectivity index is 1.55. The molecule has 170 valence electrons. The number of ether oxygens (including phenoxy) is 1. The molecule has 34 heavy (non-hydrogen) atoms. The van der Waals surface area contributed by atoms with Gasteiger partial charge in [0.1, 0.15) is 5.69 Å². The van der Waals surface area contributed by atoms with Gasteiger partial charge in [0.25, 0.3) is 11.6 Å². The fourth-order valence-electron chi connectivity index (χ4n) is 3.59. The fourth-order valence-corrected chi connectivity index (χ4v) is 3.59. The molecule has 3 aromatic carbocycles. The van der Waals surface area contributed by atoms with Crippen LogP contribution in [0.4, 0.5) is 17.1 Å². The second-order valence-corrected chi connectivity index (χ2v) is 7.50. The van der Waals surface area contributed by atoms with Crippen molar-refractivity contribution in [3.05, 3.63) is 98.6 Å². The predicted molar refractivity (Wildman–Crippen MR) is 121 cm³/mol. The summed E-state index contributed by atoms with van der Waals surface area (Å²) in [4.78, 5) is 61.3. The molecular weight excluding hydrogens is 442 g/mol. The number of nitro benzene ring substituents is 1. The van der Waals surface area contributed by atoms with Crippen molar-refractivity contribution in [3.63, 3.8) is 0 Å². The number of carbonyl (C=O) groups excluding carboxylic acids is 4. The third-order valence-corrected chi connectivity index (χ3v) is 5.33. The summed E-state index contributed by atoms with van der Waals surface area (Å²) in [5.74, 6) is -2.49. The van der Waals surface area contributed by atoms with Crippen LogP contribution in [0.2, 0.25) is 0 Å². The van der Waals surface area contributed by atoms with E-state index in [1.165, 1.54) is 43.3 Å². The van der Waals surface area contributed by atoms with Gasteiger partial charge in [0.15, 0.2) is 17.7 Å². The highest BCUT2D eigenvalue weighted by Crippen LogP contribution is 2.32. The first-order valence-electron chi connectivity index (χ1n) is 10.1. The molecule has 3 N–H and O–H groups in total. The van der Waals surface area contributed by atoms with E-state index in [2.05, 4.69) is 5.32 Å². The van der Waals surface area contributed by atoms with Crippen LogP contribution in [0.5, 0.6) is 0 Å². The lowest BCUT2D eigenvalue weighted by molar-refractivity contribution is -0.383. The number of esters is 1. The van der Waals surface area contributed by atoms with E-state index < -0.39 is 34.4 Å². The molecule has 0 bridgehead atoms. The molecule has 4 rings (SSSR count). The standard InChI is InChI=1S/C24H17N3O7/c1-12(34-24(31)13-9-10-17(25)19(11-13)27(32)33)23(30)26-18-8-4-7-16-20(18)22(29)15-6-3-2-5-14(15)21(16)28/h2-12H,25H2,1H3,(H,26,30). The highest BCUT2D eigenvalue weighted by Gasteiger charge is 2.32. The van der Waals surface area contributed by atoms with Crippen LogP contribution in [-0.4, -0.2) is 34.5 Å². The van der Waals surface area contributed by atoms with Crippen LogP contribution in [-0.2, 0) is 9.53 Å². The zero-order valence-electron chi connectivity index (χ0n) is 17.7. The number of amides is 1. The number of nitrogens with zero attached hydrogens (tertiary/aromatic N) is 1. The molecule has 1 aliphatic carbocycles. The van der Waals surface area contributed by atoms with Crippen LogP contribution in [0.15, 0.2) is 60.7 Å². The van der Waals surface area contributed by atoms with Crippen LogP contribution in [0.3, 0.4) is 0 Å². The smallest absolute Gasteiger partial charge is 0.339 e. The summed E-state index contributed by atoms with van der Waals surface area (Å²) in [6.45, 7) is 1.30. The molecule has 0 saturated carbocycles. The van der Waals surface area contributed by atoms with Gasteiger partial charge in [0, 0.05) is 22.8 Å². The van der Waals surface area contributed by atoms with Gasteiger partial charge in [-0.25, -0.2) is 4.79 Å². The van der Waals surface area contributed by atoms with Gasteiger partial charge >= 0.3 is 5.97 Å². The maximum absolute atomic E-state index is 13.0. The highest BCUT2D eigenvalue weighted by atomic mass is 16.6. The van der Waals surface area contributed by atoms with E-state index in [0.717, 1.165) is 6.07 Å². The first kappa shape index (κ1) is 22.3. The average molecular weight is 459 g/mol. The lowest BCUT2D eigenvalue weighted by Crippen LogP contribution is -2.31. The monoisotopic (exact) mass is 459 g/mol. The van der Waals surface area contributed by atoms with Crippen LogP contribution in [0.1, 0.15) is 49.1 Å². The van der Waals surface area contributed by atoms with E-state index in [4.69, 9.17) is 10.5 Å². The number of benzene rings is 3. The minimum Gasteiger partial charge on any atom is -0.449 e. The van der Waals surface area contributed by atoms with Crippen molar-refractivity contribution in [2.45, 2.75) is 13.0 Å². The van der Waals surface area contributed by atoms with Crippen LogP contribution >= 0.6 is 0 Å². The molecule has 10 nitrogen and oxygen atoms in total. The molecule has 0 radical (unpaired) electrons. The maximum Gasteiger partial charge on any atom is 0.339 e. The number of nitrogens with two attached hydrogens (primary N) is 1. The van der Waals surface area contributed by atoms with Gasteiger partial charge in [-0.05, 0) is 25.1 Å². The number of hydrogen-bond acceptors (Lipinski definition) is 8. The summed E-state index contributed by atoms with van der Waals surface area (Å²) in [5, 5.41) is 13.6. The topological polar surface area (TPSA) is 159 Å². The summed E-state index contributed by atoms with van der Waals surface area (Å²) < 4.78 is 5.13. The number of nitro groups is 1. The largest absolute Gasteiger partial charge is 0.449 e. The van der Waals surface area contributed by atoms with Crippen molar-refractivity contribution >= 4 is 40.5 Å². The number of ketones is 2. The fraction of sp³-hybridized carbons (Fsp3) is 0.0833. The number of nitrogen functional groups attached to an aromatic ring is 1. The molecular formula is C24H17N3O7. The van der Waals surface area contributed by atoms with Gasteiger partial charge in [-0.15, -0.1) is 0 Å². The molecule has 0 fully saturated rings. The number of carbonyl (C=O) groups is 4. The zero-order valence-corrected chi connectivity index (χ0v) is 17.7. The van der Waals surface area contributed by atoms with E-state index in [1.807, 2.05) is 0 Å². The molecule has 1 aliphatic rings. The number of hydrogen-bond donors (Lipinski definition) is 2. The van der Waals surface area contributed by atoms with Gasteiger partial charge in [-0.2, -0.15) is 0 Å². The zero-order chi connectivity index (χ0) is 24.6. The van der Waals surface area contributed by atoms with Crippen molar-refractivity contribution in [1.82, 2.24) is 0 Å². The molecule has 0 heterocycles. The van der Waals surface area contributed by atoms with Crippen molar-refractivity contribution in [3.8, 4) is 0 Å². The number of nitrogens with one attached hydrogen (secondary N) is 1. The molecule has 1 atom stereocenters. The van der Waals surface area contributed by atoms with Crippen molar-refractivity contribution in [1.29, 1.82) is 0 Å². The Morgan fingerprint density at radius 3 is 2.29 bits per heavy atom. The highest BCUT2D eigenvalue weighted by molar-refractivity contribution is 6.30. The quantitative estimate of drug-likeness (QED) is 0.199. The van der Waals surface area contributed by atoms with E-state index in [1.54, 1.807) is 18.2 Å². The van der Waals surface area contributed by atoms with Crippen LogP contribution in [0.25, 0.3) is 0 Å². The van der Waals surface area contributed by atoms with E-state index >= 15 is 0 Å². The summed E-state index contributed by atoms with van der Waals surface area (Å²) in [5.41, 5.74) is 5.58. The molecule has 1 unspecified atom stereocenters. The van der Waals surface area contributed by atoms with Gasteiger partial charge in [-0.3, -0.25) is 24.5 Å². The Morgan fingerprint density at radius 1 is 0.971 bits per heavy atom. The van der Waals surface area contributed by atoms with E-state index in [9.17, 15) is 29.3 Å². The third-order valence-electron chi connectivity index (χ3n) is 5.33. The van der Waals surface area contributed by atoms with E-state index in [-0.39, 0.29) is 45.0 Å². The van der Waals surface area contributed by atoms with Gasteiger partial charge in [0.05, 0.1) is 21.7 Å². The van der Waals surface area contributed by atoms with Gasteiger partial charge in [0.2, 0.25) is 0 Å². The van der Waals surface area contributed by atoms with E-state index in [0.29, 0.717) is 0 Å². The maximum atomic E-state index is 13.0. The molecule has 10 heteroatoms. The summed E-state index contributed by atoms with van der Waals surface area (Å²) in [6, 6.07) is 14.3. The van der Waals surface area contributed by atoms with Crippen molar-refractivity contribution in [2.75, 3.05) is 11.1 Å². The third kappa shape index (κ3) is 3.88. The number of rotatable bonds is 5. The number of fused-ring (bicyclic) bond motifs is 2. The summed E-state index contributed by atoms with van der Waals surface area (Å²) in [6.07, 6.45) is -1.32. The Bertz CT molecular complexity index is 1400. The summed E-state index contributed by atoms with van der Waals surface area (Å²) >= 11 is 0. The molecule has 0 aromatic heterocycles. The molecule has 0 aliphatic heterocycles. The summed E-state index contributed by atoms with van der Waals surface area (Å²) in [7, 11) is 0. The number of anilines is 2. The van der Waals surface area contributed by atoms with Gasteiger partial charge < -0.3 is 15.8 Å². The molecule has 1 amide bonds. The second kappa shape index (κ2) is 8.58. The lowest BCUT2D eigenvalue weighted by atomic mass is 9.83. The lowest BCUT2D eigenvalue weighted by Gasteiger charge is -2.21. The second-order valence-electron chi connectivity index (χ2n) is 7.50. The van der Waals surface area contributed by atoms with Crippen LogP contribution in [0, 0.1) is 10.1 Å². The SMILES string of the molecule is CC(OC(=O)c1ccc(N)c([N+](=O)[O-])c1)C(=O)Nc1cccc2c1C(=O)c1ccccc1C2=O. The first-order chi connectivity index (χ1) is 16.2. The van der Waals surface area contributed by atoms with Crippen molar-refractivity contribution < 1.29 is 28.8 Å². The Labute approximate surface area is 192 Å². The predicted octanol–water partition coefficient (Wildman–Crippen LogP) is 3.14. The normalized spacial score (nSPS) is 12.9. The minimum atomic E-state index is -1.32. The molecule has 0 saturated heterocycles. The molecule has 3 aromatic rings. The van der Waals surface area contributed by atoms with Crippen LogP contribution < -0.4 is 11.1 Å². The van der Waals surface area contributed by atoms with Gasteiger partial charge in [-0.1, -0.05) is 36.4 Å². The Morgan fingerprint density at radius 2 is 1.62 bits per heavy atom. The Hall–Kier alpha value is -4.86. The average Bonchev–Trinajstić information content (AvgIpc) is 2.82. The van der Waals surface area contributed by atoms with Crippen molar-refractivity contribution in [2.24, 2.45) is 0 Å². The first-order valence-corrected chi connectivity index (χ1v) is 10.1.